The molecule has 0 radical (unpaired) electrons. The van der Waals surface area contributed by atoms with Crippen molar-refractivity contribution in [1.29, 1.82) is 0 Å². The van der Waals surface area contributed by atoms with E-state index in [1.54, 1.807) is 36.1 Å². The molecule has 1 fully saturated rings. The summed E-state index contributed by atoms with van der Waals surface area (Å²) in [7, 11) is -3.97. The molecule has 1 aromatic heterocycles. The van der Waals surface area contributed by atoms with Gasteiger partial charge in [0.15, 0.2) is 5.69 Å². The summed E-state index contributed by atoms with van der Waals surface area (Å²) in [6.45, 7) is 3.17. The molecule has 3 N–H and O–H groups in total. The Bertz CT molecular complexity index is 1610. The lowest BCUT2D eigenvalue weighted by molar-refractivity contribution is -0.127. The van der Waals surface area contributed by atoms with Crippen molar-refractivity contribution in [3.63, 3.8) is 0 Å². The van der Waals surface area contributed by atoms with Crippen LogP contribution in [0.4, 0.5) is 0 Å². The van der Waals surface area contributed by atoms with Gasteiger partial charge in [-0.15, -0.1) is 0 Å². The van der Waals surface area contributed by atoms with Crippen LogP contribution in [0.2, 0.25) is 5.02 Å². The molecule has 1 saturated heterocycles. The van der Waals surface area contributed by atoms with Crippen LogP contribution in [0.5, 0.6) is 0 Å². The second kappa shape index (κ2) is 11.9. The van der Waals surface area contributed by atoms with Gasteiger partial charge < -0.3 is 4.90 Å². The minimum absolute atomic E-state index is 0.0312. The van der Waals surface area contributed by atoms with Gasteiger partial charge in [-0.05, 0) is 44.0 Å². The van der Waals surface area contributed by atoms with Crippen molar-refractivity contribution in [2.45, 2.75) is 37.6 Å². The number of sulfonamides is 1. The quantitative estimate of drug-likeness (QED) is 0.257. The molecule has 39 heavy (non-hydrogen) atoms. The third kappa shape index (κ3) is 6.27. The van der Waals surface area contributed by atoms with Crippen LogP contribution in [0, 0.1) is 0 Å². The van der Waals surface area contributed by atoms with Crippen LogP contribution in [-0.4, -0.2) is 60.5 Å². The second-order valence-corrected chi connectivity index (χ2v) is 11.0. The van der Waals surface area contributed by atoms with Gasteiger partial charge >= 0.3 is 0 Å². The Morgan fingerprint density at radius 2 is 1.77 bits per heavy atom. The summed E-state index contributed by atoms with van der Waals surface area (Å²) in [5.74, 6) is -1.57. The fourth-order valence-corrected chi connectivity index (χ4v) is 5.51. The number of nitrogens with one attached hydrogen (secondary N) is 3. The average molecular weight is 575 g/mol. The third-order valence-electron chi connectivity index (χ3n) is 6.23. The number of hydrazine groups is 1. The van der Waals surface area contributed by atoms with Gasteiger partial charge in [0.25, 0.3) is 17.4 Å². The van der Waals surface area contributed by atoms with Crippen LogP contribution in [-0.2, 0) is 21.4 Å². The van der Waals surface area contributed by atoms with E-state index in [1.807, 2.05) is 0 Å². The smallest absolute Gasteiger partial charge is 0.290 e. The molecule has 2 heterocycles. The highest BCUT2D eigenvalue weighted by molar-refractivity contribution is 7.89. The zero-order valence-electron chi connectivity index (χ0n) is 21.1. The van der Waals surface area contributed by atoms with Gasteiger partial charge in [-0.2, -0.15) is 5.10 Å². The molecule has 0 aliphatic carbocycles. The molecule has 0 saturated carbocycles. The van der Waals surface area contributed by atoms with Crippen LogP contribution in [0.3, 0.4) is 0 Å². The van der Waals surface area contributed by atoms with Gasteiger partial charge in [0, 0.05) is 38.0 Å². The number of rotatable bonds is 9. The molecule has 3 amide bonds. The molecule has 0 bridgehead atoms. The highest BCUT2D eigenvalue weighted by atomic mass is 35.5. The maximum atomic E-state index is 12.9. The summed E-state index contributed by atoms with van der Waals surface area (Å²) >= 11 is 6.15. The van der Waals surface area contributed by atoms with E-state index in [2.05, 4.69) is 20.7 Å². The molecule has 3 aromatic rings. The molecular weight excluding hydrogens is 548 g/mol. The van der Waals surface area contributed by atoms with E-state index >= 15 is 0 Å². The molecule has 4 rings (SSSR count). The summed E-state index contributed by atoms with van der Waals surface area (Å²) in [5, 5.41) is 4.68. The summed E-state index contributed by atoms with van der Waals surface area (Å²) in [4.78, 5) is 51.4. The highest BCUT2D eigenvalue weighted by Crippen LogP contribution is 2.21. The van der Waals surface area contributed by atoms with Crippen LogP contribution in [0.15, 0.2) is 52.2 Å². The topological polar surface area (TPSA) is 160 Å². The normalized spacial score (nSPS) is 13.6. The zero-order chi connectivity index (χ0) is 28.2. The SMILES string of the molecule is CCn1nc(C(=O)NNC(=O)c2cc(S(=O)(=O)NCCCN3CCCC3=O)ccc2Cl)c2ccccc2c1=O. The first-order chi connectivity index (χ1) is 18.6. The third-order valence-corrected chi connectivity index (χ3v) is 8.02. The van der Waals surface area contributed by atoms with Crippen molar-refractivity contribution in [3.8, 4) is 0 Å². The zero-order valence-corrected chi connectivity index (χ0v) is 22.6. The van der Waals surface area contributed by atoms with Gasteiger partial charge in [-0.25, -0.2) is 17.8 Å². The standard InChI is InChI=1S/C25H27ClN6O6S/c1-2-32-25(36)18-8-4-3-7-17(18)22(30-32)24(35)29-28-23(34)19-15-16(10-11-20(19)26)39(37,38)27-12-6-14-31-13-5-9-21(31)33/h3-4,7-8,10-11,15,27H,2,5-6,9,12-14H2,1H3,(H,28,34)(H,29,35). The number of aromatic nitrogens is 2. The number of halogens is 1. The monoisotopic (exact) mass is 574 g/mol. The van der Waals surface area contributed by atoms with Crippen LogP contribution >= 0.6 is 11.6 Å². The van der Waals surface area contributed by atoms with Crippen LogP contribution in [0.25, 0.3) is 10.8 Å². The molecule has 0 unspecified atom stereocenters. The number of aryl methyl sites for hydroxylation is 1. The predicted molar refractivity (Wildman–Crippen MR) is 144 cm³/mol. The number of nitrogens with zero attached hydrogens (tertiary/aromatic N) is 3. The minimum Gasteiger partial charge on any atom is -0.343 e. The van der Waals surface area contributed by atoms with Crippen LogP contribution < -0.4 is 21.1 Å². The number of hydrogen-bond donors (Lipinski definition) is 3. The maximum Gasteiger partial charge on any atom is 0.290 e. The summed E-state index contributed by atoms with van der Waals surface area (Å²) in [6.07, 6.45) is 1.75. The number of hydrogen-bond acceptors (Lipinski definition) is 7. The molecule has 14 heteroatoms. The Kier molecular flexibility index (Phi) is 8.63. The fraction of sp³-hybridized carbons (Fsp3) is 0.320. The van der Waals surface area contributed by atoms with Crippen molar-refractivity contribution >= 4 is 50.1 Å². The Morgan fingerprint density at radius 1 is 1.05 bits per heavy atom. The first-order valence-corrected chi connectivity index (χ1v) is 14.2. The lowest BCUT2D eigenvalue weighted by atomic mass is 10.1. The molecule has 2 aromatic carbocycles. The first kappa shape index (κ1) is 28.2. The van der Waals surface area contributed by atoms with E-state index < -0.39 is 21.8 Å². The molecule has 1 aliphatic heterocycles. The van der Waals surface area contributed by atoms with E-state index in [-0.39, 0.29) is 45.7 Å². The van der Waals surface area contributed by atoms with E-state index in [0.717, 1.165) is 17.2 Å². The number of carbonyl (C=O) groups excluding carboxylic acids is 3. The second-order valence-electron chi connectivity index (χ2n) is 8.80. The van der Waals surface area contributed by atoms with Gasteiger partial charge in [0.1, 0.15) is 0 Å². The number of benzene rings is 2. The van der Waals surface area contributed by atoms with Crippen molar-refractivity contribution in [2.24, 2.45) is 0 Å². The predicted octanol–water partition coefficient (Wildman–Crippen LogP) is 1.44. The minimum atomic E-state index is -3.97. The maximum absolute atomic E-state index is 12.9. The first-order valence-electron chi connectivity index (χ1n) is 12.3. The van der Waals surface area contributed by atoms with Gasteiger partial charge in [0.05, 0.1) is 20.9 Å². The van der Waals surface area contributed by atoms with Crippen molar-refractivity contribution < 1.29 is 22.8 Å². The fourth-order valence-electron chi connectivity index (χ4n) is 4.20. The molecule has 0 spiro atoms. The van der Waals surface area contributed by atoms with Crippen molar-refractivity contribution in [3.05, 3.63) is 69.1 Å². The Labute approximate surface area is 229 Å². The van der Waals surface area contributed by atoms with Crippen LogP contribution in [0.1, 0.15) is 47.0 Å². The lowest BCUT2D eigenvalue weighted by Gasteiger charge is -2.15. The number of likely N-dealkylation sites (tertiary alicyclic amines) is 1. The van der Waals surface area contributed by atoms with Gasteiger partial charge in [0.2, 0.25) is 15.9 Å². The summed E-state index contributed by atoms with van der Waals surface area (Å²) in [5.41, 5.74) is 3.86. The Hall–Kier alpha value is -3.81. The van der Waals surface area contributed by atoms with Crippen molar-refractivity contribution in [1.82, 2.24) is 30.3 Å². The van der Waals surface area contributed by atoms with E-state index in [9.17, 15) is 27.6 Å². The van der Waals surface area contributed by atoms with Gasteiger partial charge in [-0.3, -0.25) is 30.0 Å². The highest BCUT2D eigenvalue weighted by Gasteiger charge is 2.22. The summed E-state index contributed by atoms with van der Waals surface area (Å²) < 4.78 is 29.1. The Morgan fingerprint density at radius 3 is 2.46 bits per heavy atom. The molecule has 206 valence electrons. The van der Waals surface area contributed by atoms with Crippen molar-refractivity contribution in [2.75, 3.05) is 19.6 Å². The molecular formula is C25H27ClN6O6S. The molecule has 1 aliphatic rings. The average Bonchev–Trinajstić information content (AvgIpc) is 3.34. The van der Waals surface area contributed by atoms with E-state index in [1.165, 1.54) is 12.1 Å². The number of carbonyl (C=O) groups is 3. The number of fused-ring (bicyclic) bond motifs is 1. The van der Waals surface area contributed by atoms with E-state index in [0.29, 0.717) is 36.7 Å². The largest absolute Gasteiger partial charge is 0.343 e. The Balaban J connectivity index is 1.43. The number of amides is 3. The van der Waals surface area contributed by atoms with E-state index in [4.69, 9.17) is 11.6 Å². The molecule has 12 nitrogen and oxygen atoms in total. The van der Waals surface area contributed by atoms with Gasteiger partial charge in [-0.1, -0.05) is 29.8 Å². The lowest BCUT2D eigenvalue weighted by Crippen LogP contribution is -2.43. The molecule has 0 atom stereocenters. The summed E-state index contributed by atoms with van der Waals surface area (Å²) in [6, 6.07) is 10.1.